The molecule has 1 aromatic carbocycles. The quantitative estimate of drug-likeness (QED) is 0.832. The lowest BCUT2D eigenvalue weighted by Crippen LogP contribution is -2.21. The third-order valence-electron chi connectivity index (χ3n) is 4.16. The van der Waals surface area contributed by atoms with Gasteiger partial charge in [0.1, 0.15) is 0 Å². The van der Waals surface area contributed by atoms with E-state index < -0.39 is 0 Å². The predicted molar refractivity (Wildman–Crippen MR) is 78.7 cm³/mol. The molecule has 1 N–H and O–H groups in total. The average molecular weight is 245 g/mol. The molecule has 1 aliphatic rings. The van der Waals surface area contributed by atoms with Gasteiger partial charge in [-0.25, -0.2) is 0 Å². The Hall–Kier alpha value is -0.820. The minimum Gasteiger partial charge on any atom is -0.313 e. The third-order valence-corrected chi connectivity index (χ3v) is 4.16. The molecule has 1 aromatic rings. The predicted octanol–water partition coefficient (Wildman–Crippen LogP) is 4.34. The lowest BCUT2D eigenvalue weighted by Gasteiger charge is -2.23. The van der Waals surface area contributed by atoms with Crippen LogP contribution in [0.5, 0.6) is 0 Å². The summed E-state index contributed by atoms with van der Waals surface area (Å²) >= 11 is 0. The van der Waals surface area contributed by atoms with Crippen molar-refractivity contribution in [3.63, 3.8) is 0 Å². The second kappa shape index (κ2) is 5.44. The van der Waals surface area contributed by atoms with Gasteiger partial charge in [-0.05, 0) is 48.8 Å². The molecule has 18 heavy (non-hydrogen) atoms. The fraction of sp³-hybridized carbons (Fsp3) is 0.647. The van der Waals surface area contributed by atoms with Gasteiger partial charge < -0.3 is 5.32 Å². The van der Waals surface area contributed by atoms with Crippen molar-refractivity contribution in [1.29, 1.82) is 0 Å². The summed E-state index contributed by atoms with van der Waals surface area (Å²) in [6.07, 6.45) is 5.28. The van der Waals surface area contributed by atoms with Gasteiger partial charge in [-0.2, -0.15) is 0 Å². The van der Waals surface area contributed by atoms with E-state index in [4.69, 9.17) is 0 Å². The molecule has 100 valence electrons. The third kappa shape index (κ3) is 3.14. The van der Waals surface area contributed by atoms with Gasteiger partial charge in [-0.15, -0.1) is 0 Å². The molecule has 1 heteroatoms. The van der Waals surface area contributed by atoms with E-state index in [2.05, 4.69) is 57.4 Å². The number of benzene rings is 1. The number of nitrogens with one attached hydrogen (secondary N) is 1. The van der Waals surface area contributed by atoms with E-state index in [1.54, 1.807) is 5.56 Å². The summed E-state index contributed by atoms with van der Waals surface area (Å²) in [6.45, 7) is 7.02. The fourth-order valence-corrected chi connectivity index (χ4v) is 3.23. The summed E-state index contributed by atoms with van der Waals surface area (Å²) in [4.78, 5) is 0. The van der Waals surface area contributed by atoms with Gasteiger partial charge in [0.05, 0.1) is 0 Å². The highest BCUT2D eigenvalue weighted by atomic mass is 14.9. The minimum atomic E-state index is 0.473. The van der Waals surface area contributed by atoms with Crippen LogP contribution in [0.2, 0.25) is 0 Å². The molecule has 1 nitrogen and oxygen atoms in total. The molecule has 0 fully saturated rings. The SMILES string of the molecule is CNC1c2ccccc2CC1CCCC(C)(C)C. The fourth-order valence-electron chi connectivity index (χ4n) is 3.23. The topological polar surface area (TPSA) is 12.0 Å². The zero-order valence-corrected chi connectivity index (χ0v) is 12.3. The van der Waals surface area contributed by atoms with E-state index in [0.29, 0.717) is 11.5 Å². The molecular weight excluding hydrogens is 218 g/mol. The molecular formula is C17H27N. The molecule has 0 radical (unpaired) electrons. The number of hydrogen-bond acceptors (Lipinski definition) is 1. The normalized spacial score (nSPS) is 23.1. The van der Waals surface area contributed by atoms with Gasteiger partial charge in [0, 0.05) is 6.04 Å². The van der Waals surface area contributed by atoms with Crippen molar-refractivity contribution in [2.24, 2.45) is 11.3 Å². The average Bonchev–Trinajstić information content (AvgIpc) is 2.64. The summed E-state index contributed by atoms with van der Waals surface area (Å²) in [5.41, 5.74) is 3.55. The molecule has 0 saturated heterocycles. The van der Waals surface area contributed by atoms with Crippen molar-refractivity contribution >= 4 is 0 Å². The summed E-state index contributed by atoms with van der Waals surface area (Å²) < 4.78 is 0. The largest absolute Gasteiger partial charge is 0.313 e. The zero-order valence-electron chi connectivity index (χ0n) is 12.3. The van der Waals surface area contributed by atoms with Crippen LogP contribution in [-0.2, 0) is 6.42 Å². The molecule has 0 bridgehead atoms. The number of rotatable bonds is 4. The van der Waals surface area contributed by atoms with Crippen LogP contribution in [0.4, 0.5) is 0 Å². The van der Waals surface area contributed by atoms with Crippen LogP contribution in [0.1, 0.15) is 57.2 Å². The van der Waals surface area contributed by atoms with E-state index in [1.165, 1.54) is 31.2 Å². The van der Waals surface area contributed by atoms with Gasteiger partial charge in [-0.1, -0.05) is 51.5 Å². The van der Waals surface area contributed by atoms with Crippen LogP contribution in [0, 0.1) is 11.3 Å². The highest BCUT2D eigenvalue weighted by Gasteiger charge is 2.30. The molecule has 0 saturated carbocycles. The lowest BCUT2D eigenvalue weighted by atomic mass is 9.86. The van der Waals surface area contributed by atoms with Crippen molar-refractivity contribution in [1.82, 2.24) is 5.32 Å². The molecule has 2 rings (SSSR count). The van der Waals surface area contributed by atoms with Crippen molar-refractivity contribution in [3.05, 3.63) is 35.4 Å². The maximum atomic E-state index is 3.52. The molecule has 0 amide bonds. The Morgan fingerprint density at radius 2 is 1.94 bits per heavy atom. The van der Waals surface area contributed by atoms with Crippen molar-refractivity contribution in [2.45, 2.75) is 52.5 Å². The van der Waals surface area contributed by atoms with Gasteiger partial charge in [0.15, 0.2) is 0 Å². The second-order valence-corrected chi connectivity index (χ2v) is 6.88. The highest BCUT2D eigenvalue weighted by molar-refractivity contribution is 5.35. The lowest BCUT2D eigenvalue weighted by molar-refractivity contribution is 0.315. The van der Waals surface area contributed by atoms with Crippen molar-refractivity contribution < 1.29 is 0 Å². The van der Waals surface area contributed by atoms with Gasteiger partial charge >= 0.3 is 0 Å². The Balaban J connectivity index is 1.96. The van der Waals surface area contributed by atoms with Crippen molar-refractivity contribution in [2.75, 3.05) is 7.05 Å². The number of fused-ring (bicyclic) bond motifs is 1. The Labute approximate surface area is 112 Å². The first-order valence-electron chi connectivity index (χ1n) is 7.26. The maximum absolute atomic E-state index is 3.52. The van der Waals surface area contributed by atoms with Crippen molar-refractivity contribution in [3.8, 4) is 0 Å². The van der Waals surface area contributed by atoms with Crippen LogP contribution in [0.25, 0.3) is 0 Å². The van der Waals surface area contributed by atoms with Gasteiger partial charge in [-0.3, -0.25) is 0 Å². The minimum absolute atomic E-state index is 0.473. The van der Waals surface area contributed by atoms with Crippen LogP contribution in [0.15, 0.2) is 24.3 Å². The summed E-state index contributed by atoms with van der Waals surface area (Å²) in [7, 11) is 2.10. The summed E-state index contributed by atoms with van der Waals surface area (Å²) in [5.74, 6) is 0.787. The van der Waals surface area contributed by atoms with E-state index >= 15 is 0 Å². The van der Waals surface area contributed by atoms with Crippen LogP contribution >= 0.6 is 0 Å². The molecule has 0 spiro atoms. The second-order valence-electron chi connectivity index (χ2n) is 6.88. The standard InChI is InChI=1S/C17H27N/c1-17(2,3)11-7-9-14-12-13-8-5-6-10-15(13)16(14)18-4/h5-6,8,10,14,16,18H,7,9,11-12H2,1-4H3. The first-order chi connectivity index (χ1) is 8.51. The summed E-state index contributed by atoms with van der Waals surface area (Å²) in [6, 6.07) is 9.49. The molecule has 2 unspecified atom stereocenters. The van der Waals surface area contributed by atoms with E-state index in [9.17, 15) is 0 Å². The molecule has 2 atom stereocenters. The smallest absolute Gasteiger partial charge is 0.0352 e. The van der Waals surface area contributed by atoms with E-state index in [-0.39, 0.29) is 0 Å². The zero-order chi connectivity index (χ0) is 13.2. The number of hydrogen-bond donors (Lipinski definition) is 1. The van der Waals surface area contributed by atoms with Gasteiger partial charge in [0.2, 0.25) is 0 Å². The molecule has 0 aromatic heterocycles. The van der Waals surface area contributed by atoms with E-state index in [1.807, 2.05) is 0 Å². The Kier molecular flexibility index (Phi) is 4.11. The van der Waals surface area contributed by atoms with Crippen LogP contribution in [0.3, 0.4) is 0 Å². The molecule has 0 heterocycles. The Morgan fingerprint density at radius 1 is 1.22 bits per heavy atom. The van der Waals surface area contributed by atoms with Crippen LogP contribution in [-0.4, -0.2) is 7.05 Å². The Morgan fingerprint density at radius 3 is 2.61 bits per heavy atom. The summed E-state index contributed by atoms with van der Waals surface area (Å²) in [5, 5.41) is 3.52. The highest BCUT2D eigenvalue weighted by Crippen LogP contribution is 2.39. The van der Waals surface area contributed by atoms with Gasteiger partial charge in [0.25, 0.3) is 0 Å². The monoisotopic (exact) mass is 245 g/mol. The van der Waals surface area contributed by atoms with E-state index in [0.717, 1.165) is 5.92 Å². The first kappa shape index (κ1) is 13.6. The molecule has 1 aliphatic carbocycles. The molecule has 0 aliphatic heterocycles. The van der Waals surface area contributed by atoms with Crippen LogP contribution < -0.4 is 5.32 Å². The maximum Gasteiger partial charge on any atom is 0.0352 e. The Bertz CT molecular complexity index is 389. The first-order valence-corrected chi connectivity index (χ1v) is 7.26.